The lowest BCUT2D eigenvalue weighted by atomic mass is 9.92. The van der Waals surface area contributed by atoms with Crippen molar-refractivity contribution in [3.63, 3.8) is 0 Å². The molecule has 0 aromatic carbocycles. The summed E-state index contributed by atoms with van der Waals surface area (Å²) in [5, 5.41) is 0. The minimum absolute atomic E-state index is 0.315. The third kappa shape index (κ3) is 11.5. The van der Waals surface area contributed by atoms with Gasteiger partial charge in [-0.05, 0) is 102 Å². The molecule has 42 heavy (non-hydrogen) atoms. The lowest BCUT2D eigenvalue weighted by Crippen LogP contribution is -2.63. The summed E-state index contributed by atoms with van der Waals surface area (Å²) in [7, 11) is 0. The number of allylic oxidation sites excluding steroid dienone is 1. The number of unbranched alkanes of at least 4 members (excludes halogenated alkanes) is 2. The van der Waals surface area contributed by atoms with Gasteiger partial charge in [-0.25, -0.2) is 0 Å². The Morgan fingerprint density at radius 2 is 1.10 bits per heavy atom. The molecule has 0 amide bonds. The Bertz CT molecular complexity index is 989. The molecule has 240 valence electrons. The fourth-order valence-corrected chi connectivity index (χ4v) is 3.36. The van der Waals surface area contributed by atoms with Gasteiger partial charge in [-0.3, -0.25) is 24.2 Å². The number of hydrogen-bond donors (Lipinski definition) is 0. The van der Waals surface area contributed by atoms with Crippen LogP contribution >= 0.6 is 0 Å². The summed E-state index contributed by atoms with van der Waals surface area (Å²) in [6, 6.07) is 0. The van der Waals surface area contributed by atoms with Crippen LogP contribution in [-0.4, -0.2) is 67.3 Å². The highest BCUT2D eigenvalue weighted by Gasteiger charge is 2.54. The van der Waals surface area contributed by atoms with Crippen LogP contribution in [-0.2, 0) is 42.9 Å². The van der Waals surface area contributed by atoms with Crippen LogP contribution < -0.4 is 0 Å². The Labute approximate surface area is 251 Å². The number of rotatable bonds is 10. The Morgan fingerprint density at radius 1 is 0.667 bits per heavy atom. The van der Waals surface area contributed by atoms with E-state index in [2.05, 4.69) is 11.6 Å². The molecule has 1 fully saturated rings. The normalized spacial score (nSPS) is 23.7. The van der Waals surface area contributed by atoms with Crippen molar-refractivity contribution in [3.05, 3.63) is 12.7 Å². The molecule has 0 N–H and O–H groups in total. The second kappa shape index (κ2) is 14.6. The first-order valence-corrected chi connectivity index (χ1v) is 14.6. The average molecular weight is 596 g/mol. The fourth-order valence-electron chi connectivity index (χ4n) is 3.36. The Hall–Kier alpha value is -2.75. The summed E-state index contributed by atoms with van der Waals surface area (Å²) in [5.41, 5.74) is -3.58. The maximum atomic E-state index is 13.3. The number of esters is 4. The highest BCUT2D eigenvalue weighted by atomic mass is 16.7. The van der Waals surface area contributed by atoms with Crippen molar-refractivity contribution in [1.82, 2.24) is 0 Å². The van der Waals surface area contributed by atoms with Crippen molar-refractivity contribution in [2.45, 2.75) is 133 Å². The molecule has 10 nitrogen and oxygen atoms in total. The van der Waals surface area contributed by atoms with Crippen LogP contribution in [0.1, 0.15) is 102 Å². The molecule has 0 radical (unpaired) electrons. The van der Waals surface area contributed by atoms with Gasteiger partial charge in [0.2, 0.25) is 0 Å². The van der Waals surface area contributed by atoms with Gasteiger partial charge in [0.05, 0.1) is 21.7 Å². The Kier molecular flexibility index (Phi) is 13.0. The molecule has 0 bridgehead atoms. The van der Waals surface area contributed by atoms with Gasteiger partial charge in [0.25, 0.3) is 0 Å². The molecule has 5 atom stereocenters. The van der Waals surface area contributed by atoms with Crippen LogP contribution in [0.2, 0.25) is 0 Å². The van der Waals surface area contributed by atoms with Crippen LogP contribution in [0.5, 0.6) is 0 Å². The van der Waals surface area contributed by atoms with Crippen LogP contribution in [0.25, 0.3) is 0 Å². The smallest absolute Gasteiger partial charge is 0.311 e. The van der Waals surface area contributed by atoms with Crippen LogP contribution in [0.4, 0.5) is 0 Å². The summed E-state index contributed by atoms with van der Waals surface area (Å²) in [6.07, 6.45) is -0.466. The fraction of sp³-hybridized carbons (Fsp3) is 0.781. The summed E-state index contributed by atoms with van der Waals surface area (Å²) >= 11 is 0. The molecule has 0 aromatic heterocycles. The monoisotopic (exact) mass is 595 g/mol. The molecule has 0 saturated carbocycles. The van der Waals surface area contributed by atoms with E-state index < -0.39 is 76.2 Å². The summed E-state index contributed by atoms with van der Waals surface area (Å²) in [6.45, 7) is 23.7. The molecular formula is C32H53NO9. The molecule has 1 heterocycles. The quantitative estimate of drug-likeness (QED) is 0.104. The van der Waals surface area contributed by atoms with E-state index in [1.807, 2.05) is 0 Å². The number of nitrogens with zero attached hydrogens (tertiary/aromatic N) is 1. The second-order valence-corrected chi connectivity index (χ2v) is 14.8. The van der Waals surface area contributed by atoms with E-state index in [1.165, 1.54) is 0 Å². The zero-order valence-electron chi connectivity index (χ0n) is 27.7. The van der Waals surface area contributed by atoms with Gasteiger partial charge >= 0.3 is 23.9 Å². The lowest BCUT2D eigenvalue weighted by molar-refractivity contribution is -0.258. The first-order valence-electron chi connectivity index (χ1n) is 14.6. The maximum absolute atomic E-state index is 13.3. The standard InChI is InChI=1S/C32H53NO9/c1-14-15-16-17-18-33-24-23(42-28(37)32(11,12)13)22(41-27(36)31(8,9)10)21(40-26(35)30(5,6)7)20(39-24)19-38-25(34)29(2,3)4/h14,18,20-24H,1,15-17,19H2,2-13H3/b33-18+/t20-,21+,22+,23-,24-/m1/s1. The average Bonchev–Trinajstić information content (AvgIpc) is 2.82. The molecule has 1 aliphatic heterocycles. The predicted octanol–water partition coefficient (Wildman–Crippen LogP) is 5.60. The second-order valence-electron chi connectivity index (χ2n) is 14.8. The van der Waals surface area contributed by atoms with E-state index >= 15 is 0 Å². The number of carbonyl (C=O) groups excluding carboxylic acids is 4. The van der Waals surface area contributed by atoms with E-state index in [1.54, 1.807) is 95.4 Å². The Balaban J connectivity index is 3.72. The predicted molar refractivity (Wildman–Crippen MR) is 160 cm³/mol. The summed E-state index contributed by atoms with van der Waals surface area (Å²) < 4.78 is 29.7. The van der Waals surface area contributed by atoms with Gasteiger partial charge in [0.1, 0.15) is 12.7 Å². The number of hydrogen-bond acceptors (Lipinski definition) is 10. The van der Waals surface area contributed by atoms with Gasteiger partial charge in [-0.15, -0.1) is 6.58 Å². The van der Waals surface area contributed by atoms with Crippen molar-refractivity contribution in [2.75, 3.05) is 6.61 Å². The van der Waals surface area contributed by atoms with Crippen molar-refractivity contribution in [1.29, 1.82) is 0 Å². The third-order valence-corrected chi connectivity index (χ3v) is 6.16. The van der Waals surface area contributed by atoms with Gasteiger partial charge in [0.15, 0.2) is 24.5 Å². The van der Waals surface area contributed by atoms with Crippen molar-refractivity contribution >= 4 is 30.1 Å². The van der Waals surface area contributed by atoms with Gasteiger partial charge < -0.3 is 23.7 Å². The molecular weight excluding hydrogens is 542 g/mol. The highest BCUT2D eigenvalue weighted by Crippen LogP contribution is 2.34. The van der Waals surface area contributed by atoms with E-state index in [0.29, 0.717) is 6.42 Å². The largest absolute Gasteiger partial charge is 0.462 e. The molecule has 1 saturated heterocycles. The third-order valence-electron chi connectivity index (χ3n) is 6.16. The van der Waals surface area contributed by atoms with Crippen molar-refractivity contribution in [3.8, 4) is 0 Å². The van der Waals surface area contributed by atoms with E-state index in [9.17, 15) is 19.2 Å². The lowest BCUT2D eigenvalue weighted by Gasteiger charge is -2.45. The molecule has 0 unspecified atom stereocenters. The maximum Gasteiger partial charge on any atom is 0.311 e. The topological polar surface area (TPSA) is 127 Å². The Morgan fingerprint density at radius 3 is 1.52 bits per heavy atom. The zero-order chi connectivity index (χ0) is 32.7. The molecule has 0 aliphatic carbocycles. The van der Waals surface area contributed by atoms with Gasteiger partial charge in [0, 0.05) is 6.21 Å². The van der Waals surface area contributed by atoms with Crippen LogP contribution in [0.3, 0.4) is 0 Å². The molecule has 0 aromatic rings. The first kappa shape index (κ1) is 37.3. The summed E-state index contributed by atoms with van der Waals surface area (Å²) in [4.78, 5) is 56.8. The van der Waals surface area contributed by atoms with Crippen molar-refractivity contribution in [2.24, 2.45) is 26.7 Å². The minimum atomic E-state index is -1.31. The number of carbonyl (C=O) groups is 4. The summed E-state index contributed by atoms with van der Waals surface area (Å²) in [5.74, 6) is -2.30. The molecule has 1 rings (SSSR count). The SMILES string of the molecule is C=CCCC/C=N/[C@@H]1O[C@H](COC(=O)C(C)(C)C)[C@H](OC(=O)C(C)(C)C)[C@H](OC(=O)C(C)(C)C)[C@H]1OC(=O)C(C)(C)C. The van der Waals surface area contributed by atoms with Crippen LogP contribution in [0, 0.1) is 21.7 Å². The van der Waals surface area contributed by atoms with Gasteiger partial charge in [-0.1, -0.05) is 6.08 Å². The molecule has 0 spiro atoms. The van der Waals surface area contributed by atoms with E-state index in [0.717, 1.165) is 12.8 Å². The van der Waals surface area contributed by atoms with Crippen LogP contribution in [0.15, 0.2) is 17.6 Å². The number of aliphatic imine (C=N–C) groups is 1. The number of ether oxygens (including phenoxy) is 5. The zero-order valence-corrected chi connectivity index (χ0v) is 27.7. The van der Waals surface area contributed by atoms with E-state index in [4.69, 9.17) is 23.7 Å². The van der Waals surface area contributed by atoms with E-state index in [-0.39, 0.29) is 6.61 Å². The molecule has 1 aliphatic rings. The van der Waals surface area contributed by atoms with Crippen molar-refractivity contribution < 1.29 is 42.9 Å². The highest BCUT2D eigenvalue weighted by molar-refractivity contribution is 5.78. The molecule has 10 heteroatoms. The minimum Gasteiger partial charge on any atom is -0.462 e. The van der Waals surface area contributed by atoms with Gasteiger partial charge in [-0.2, -0.15) is 0 Å². The first-order chi connectivity index (χ1) is 19.0.